The van der Waals surface area contributed by atoms with Crippen LogP contribution < -0.4 is 20.3 Å². The Bertz CT molecular complexity index is 1650. The molecule has 5 rings (SSSR count). The van der Waals surface area contributed by atoms with Crippen LogP contribution in [0.5, 0.6) is 5.75 Å². The maximum absolute atomic E-state index is 14.3. The first-order chi connectivity index (χ1) is 20.2. The van der Waals surface area contributed by atoms with Crippen molar-refractivity contribution in [3.05, 3.63) is 66.3 Å². The summed E-state index contributed by atoms with van der Waals surface area (Å²) in [6, 6.07) is 8.54. The minimum Gasteiger partial charge on any atom is -0.494 e. The van der Waals surface area contributed by atoms with Crippen LogP contribution in [0.4, 0.5) is 27.4 Å². The van der Waals surface area contributed by atoms with Gasteiger partial charge in [0.2, 0.25) is 11.9 Å². The lowest BCUT2D eigenvalue weighted by molar-refractivity contribution is -0.111. The third kappa shape index (κ3) is 6.07. The number of nitrogens with one attached hydrogen (secondary N) is 2. The van der Waals surface area contributed by atoms with Gasteiger partial charge < -0.3 is 29.7 Å². The molecule has 0 spiro atoms. The zero-order valence-corrected chi connectivity index (χ0v) is 25.4. The van der Waals surface area contributed by atoms with Gasteiger partial charge in [-0.2, -0.15) is 11.8 Å². The van der Waals surface area contributed by atoms with E-state index in [4.69, 9.17) is 14.7 Å². The molecule has 0 aliphatic carbocycles. The molecule has 3 heterocycles. The van der Waals surface area contributed by atoms with Crippen LogP contribution >= 0.6 is 11.8 Å². The van der Waals surface area contributed by atoms with E-state index in [0.29, 0.717) is 23.1 Å². The van der Waals surface area contributed by atoms with Gasteiger partial charge in [0.15, 0.2) is 0 Å². The Balaban J connectivity index is 1.60. The summed E-state index contributed by atoms with van der Waals surface area (Å²) in [5.41, 5.74) is 6.60. The minimum absolute atomic E-state index is 0.292. The number of fused-ring (bicyclic) bond motifs is 2. The van der Waals surface area contributed by atoms with E-state index in [1.165, 1.54) is 12.1 Å². The third-order valence-corrected chi connectivity index (χ3v) is 8.32. The number of rotatable bonds is 10. The van der Waals surface area contributed by atoms with Crippen LogP contribution in [0.2, 0.25) is 0 Å². The number of aromatic nitrogens is 3. The molecule has 1 amide bonds. The Morgan fingerprint density at radius 1 is 1.19 bits per heavy atom. The van der Waals surface area contributed by atoms with E-state index in [2.05, 4.69) is 27.0 Å². The summed E-state index contributed by atoms with van der Waals surface area (Å²) in [6.07, 6.45) is 4.04. The molecule has 11 heteroatoms. The Kier molecular flexibility index (Phi) is 8.69. The molecule has 0 atom stereocenters. The molecule has 42 heavy (non-hydrogen) atoms. The highest BCUT2D eigenvalue weighted by molar-refractivity contribution is 7.98. The SMILES string of the molecule is C=CC(=O)Nc1cc(Nc2nc3c(c(-c4cn(C)c5ccc(F)cc45)n2)CSCC3)c(OC)cc1N(C)CCN(C)C. The molecular formula is C31H36FN7O2S. The van der Waals surface area contributed by atoms with Crippen LogP contribution in [0.25, 0.3) is 22.2 Å². The molecule has 1 aliphatic rings. The van der Waals surface area contributed by atoms with Gasteiger partial charge >= 0.3 is 0 Å². The van der Waals surface area contributed by atoms with Gasteiger partial charge in [0, 0.05) is 67.2 Å². The summed E-state index contributed by atoms with van der Waals surface area (Å²) in [5, 5.41) is 7.09. The maximum atomic E-state index is 14.3. The standard InChI is InChI=1S/C31H36FN7O2S/c1-7-29(40)33-24-15-25(28(41-6)16-27(24)38(4)12-11-37(2)3)35-31-34-23-10-13-42-18-22(23)30(36-31)21-17-39(5)26-9-8-19(32)14-20(21)26/h7-9,14-17H,1,10-13,18H2,2-6H3,(H,33,40)(H,34,35,36). The van der Waals surface area contributed by atoms with Crippen molar-refractivity contribution in [2.45, 2.75) is 12.2 Å². The fraction of sp³-hybridized carbons (Fsp3) is 0.323. The lowest BCUT2D eigenvalue weighted by Crippen LogP contribution is -2.29. The molecule has 0 saturated carbocycles. The van der Waals surface area contributed by atoms with E-state index in [1.54, 1.807) is 19.2 Å². The summed E-state index contributed by atoms with van der Waals surface area (Å²) in [4.78, 5) is 26.4. The first-order valence-corrected chi connectivity index (χ1v) is 14.8. The zero-order chi connectivity index (χ0) is 30.0. The van der Waals surface area contributed by atoms with Crippen LogP contribution in [0.1, 0.15) is 11.3 Å². The summed E-state index contributed by atoms with van der Waals surface area (Å²) in [7, 11) is 9.56. The van der Waals surface area contributed by atoms with E-state index in [0.717, 1.165) is 70.1 Å². The molecule has 0 saturated heterocycles. The van der Waals surface area contributed by atoms with Crippen molar-refractivity contribution in [2.75, 3.05) is 62.6 Å². The lowest BCUT2D eigenvalue weighted by Gasteiger charge is -2.26. The number of aryl methyl sites for hydroxylation is 2. The fourth-order valence-electron chi connectivity index (χ4n) is 5.09. The fourth-order valence-corrected chi connectivity index (χ4v) is 6.08. The minimum atomic E-state index is -0.318. The van der Waals surface area contributed by atoms with Crippen LogP contribution in [-0.2, 0) is 24.0 Å². The molecule has 2 aromatic carbocycles. The largest absolute Gasteiger partial charge is 0.494 e. The monoisotopic (exact) mass is 589 g/mol. The molecule has 2 aromatic heterocycles. The molecule has 2 N–H and O–H groups in total. The van der Waals surface area contributed by atoms with E-state index >= 15 is 0 Å². The molecule has 9 nitrogen and oxygen atoms in total. The molecule has 0 radical (unpaired) electrons. The van der Waals surface area contributed by atoms with Crippen molar-refractivity contribution in [3.63, 3.8) is 0 Å². The van der Waals surface area contributed by atoms with Gasteiger partial charge in [-0.05, 0) is 56.6 Å². The second-order valence-electron chi connectivity index (χ2n) is 10.6. The Hall–Kier alpha value is -4.09. The summed E-state index contributed by atoms with van der Waals surface area (Å²) >= 11 is 1.84. The lowest BCUT2D eigenvalue weighted by atomic mass is 10.0. The molecule has 4 aromatic rings. The van der Waals surface area contributed by atoms with Crippen molar-refractivity contribution >= 4 is 51.6 Å². The van der Waals surface area contributed by atoms with Crippen LogP contribution in [0.3, 0.4) is 0 Å². The zero-order valence-electron chi connectivity index (χ0n) is 24.6. The summed E-state index contributed by atoms with van der Waals surface area (Å²) in [6.45, 7) is 5.17. The summed E-state index contributed by atoms with van der Waals surface area (Å²) in [5.74, 6) is 2.11. The molecule has 0 bridgehead atoms. The van der Waals surface area contributed by atoms with E-state index in [9.17, 15) is 9.18 Å². The van der Waals surface area contributed by atoms with Gasteiger partial charge in [0.05, 0.1) is 35.6 Å². The maximum Gasteiger partial charge on any atom is 0.247 e. The number of likely N-dealkylation sites (N-methyl/N-ethyl adjacent to an activating group) is 2. The molecule has 0 fully saturated rings. The normalized spacial score (nSPS) is 12.7. The number of ether oxygens (including phenoxy) is 1. The topological polar surface area (TPSA) is 87.5 Å². The third-order valence-electron chi connectivity index (χ3n) is 7.33. The Labute approximate surface area is 249 Å². The van der Waals surface area contributed by atoms with Crippen LogP contribution in [0, 0.1) is 5.82 Å². The second-order valence-corrected chi connectivity index (χ2v) is 11.7. The number of halogens is 1. The van der Waals surface area contributed by atoms with E-state index < -0.39 is 0 Å². The number of hydrogen-bond donors (Lipinski definition) is 2. The molecule has 0 unspecified atom stereocenters. The van der Waals surface area contributed by atoms with Crippen molar-refractivity contribution in [3.8, 4) is 17.0 Å². The Morgan fingerprint density at radius 3 is 2.74 bits per heavy atom. The number of carbonyl (C=O) groups excluding carboxylic acids is 1. The van der Waals surface area contributed by atoms with Crippen LogP contribution in [0.15, 0.2) is 49.2 Å². The van der Waals surface area contributed by atoms with Crippen molar-refractivity contribution in [1.29, 1.82) is 0 Å². The average molecular weight is 590 g/mol. The number of benzene rings is 2. The van der Waals surface area contributed by atoms with E-state index in [-0.39, 0.29) is 11.7 Å². The number of anilines is 4. The predicted octanol–water partition coefficient (Wildman–Crippen LogP) is 5.44. The van der Waals surface area contributed by atoms with Crippen molar-refractivity contribution < 1.29 is 13.9 Å². The highest BCUT2D eigenvalue weighted by Crippen LogP contribution is 2.40. The Morgan fingerprint density at radius 2 is 2.00 bits per heavy atom. The van der Waals surface area contributed by atoms with Crippen molar-refractivity contribution in [1.82, 2.24) is 19.4 Å². The highest BCUT2D eigenvalue weighted by Gasteiger charge is 2.23. The summed E-state index contributed by atoms with van der Waals surface area (Å²) < 4.78 is 22.1. The van der Waals surface area contributed by atoms with Crippen molar-refractivity contribution in [2.24, 2.45) is 7.05 Å². The van der Waals surface area contributed by atoms with Gasteiger partial charge in [-0.1, -0.05) is 6.58 Å². The van der Waals surface area contributed by atoms with Crippen LogP contribution in [-0.4, -0.2) is 72.4 Å². The second kappa shape index (κ2) is 12.4. The van der Waals surface area contributed by atoms with E-state index in [1.807, 2.05) is 62.8 Å². The first kappa shape index (κ1) is 29.4. The van der Waals surface area contributed by atoms with Gasteiger partial charge in [0.25, 0.3) is 0 Å². The predicted molar refractivity (Wildman–Crippen MR) is 171 cm³/mol. The van der Waals surface area contributed by atoms with Gasteiger partial charge in [-0.15, -0.1) is 0 Å². The van der Waals surface area contributed by atoms with Gasteiger partial charge in [-0.3, -0.25) is 4.79 Å². The van der Waals surface area contributed by atoms with Gasteiger partial charge in [0.1, 0.15) is 11.6 Å². The molecule has 1 aliphatic heterocycles. The smallest absolute Gasteiger partial charge is 0.247 e. The van der Waals surface area contributed by atoms with Gasteiger partial charge in [-0.25, -0.2) is 14.4 Å². The molecule has 220 valence electrons. The number of nitrogens with zero attached hydrogens (tertiary/aromatic N) is 5. The number of thioether (sulfide) groups is 1. The number of methoxy groups -OCH3 is 1. The average Bonchev–Trinajstić information content (AvgIpc) is 3.30. The first-order valence-electron chi connectivity index (χ1n) is 13.7. The number of carbonyl (C=O) groups is 1. The quantitative estimate of drug-likeness (QED) is 0.237. The molecular weight excluding hydrogens is 553 g/mol. The number of amides is 1. The number of hydrogen-bond acceptors (Lipinski definition) is 8. The highest BCUT2D eigenvalue weighted by atomic mass is 32.2.